The third kappa shape index (κ3) is 7.79. The Morgan fingerprint density at radius 2 is 2.02 bits per heavy atom. The van der Waals surface area contributed by atoms with Crippen LogP contribution in [0.5, 0.6) is 11.5 Å². The number of ether oxygens (including phenoxy) is 2. The van der Waals surface area contributed by atoms with Gasteiger partial charge in [0.2, 0.25) is 11.8 Å². The number of methoxy groups -OCH3 is 1. The summed E-state index contributed by atoms with van der Waals surface area (Å²) < 4.78 is 26.8. The van der Waals surface area contributed by atoms with Crippen molar-refractivity contribution in [2.24, 2.45) is 0 Å². The zero-order chi connectivity index (χ0) is 29.2. The summed E-state index contributed by atoms with van der Waals surface area (Å²) in [5.41, 5.74) is 0.889. The first kappa shape index (κ1) is 31.5. The lowest BCUT2D eigenvalue weighted by Gasteiger charge is -2.41. The molecule has 0 heterocycles. The van der Waals surface area contributed by atoms with Gasteiger partial charge in [-0.2, -0.15) is 0 Å². The molecule has 3 rings (SSSR count). The van der Waals surface area contributed by atoms with Crippen molar-refractivity contribution in [2.45, 2.75) is 57.4 Å². The Kier molecular flexibility index (Phi) is 11.9. The highest BCUT2D eigenvalue weighted by Crippen LogP contribution is 2.37. The van der Waals surface area contributed by atoms with Crippen LogP contribution in [-0.4, -0.2) is 71.7 Å². The van der Waals surface area contributed by atoms with Crippen molar-refractivity contribution in [3.8, 4) is 11.5 Å². The van der Waals surface area contributed by atoms with E-state index in [0.29, 0.717) is 21.8 Å². The molecule has 0 radical (unpaired) electrons. The van der Waals surface area contributed by atoms with E-state index < -0.39 is 30.0 Å². The third-order valence-corrected chi connectivity index (χ3v) is 7.42. The van der Waals surface area contributed by atoms with Crippen LogP contribution >= 0.6 is 22.6 Å². The normalized spacial score (nSPS) is 18.4. The number of hydrogen-bond acceptors (Lipinski definition) is 7. The molecule has 2 aromatic rings. The van der Waals surface area contributed by atoms with Crippen LogP contribution < -0.4 is 14.8 Å². The van der Waals surface area contributed by atoms with Gasteiger partial charge in [-0.3, -0.25) is 14.4 Å². The fourth-order valence-corrected chi connectivity index (χ4v) is 5.26. The Bertz CT molecular complexity index is 1240. The number of rotatable bonds is 13. The molecule has 0 bridgehead atoms. The van der Waals surface area contributed by atoms with Gasteiger partial charge in [-0.05, 0) is 53.3 Å². The second kappa shape index (κ2) is 15.1. The van der Waals surface area contributed by atoms with Crippen molar-refractivity contribution >= 4 is 40.7 Å². The minimum Gasteiger partial charge on any atom is -0.493 e. The van der Waals surface area contributed by atoms with Crippen molar-refractivity contribution in [3.63, 3.8) is 0 Å². The summed E-state index contributed by atoms with van der Waals surface area (Å²) >= 11 is 1.98. The number of aliphatic hydroxyl groups excluding tert-OH is 2. The lowest BCUT2D eigenvalue weighted by Crippen LogP contribution is -2.54. The van der Waals surface area contributed by atoms with Crippen LogP contribution in [0.4, 0.5) is 4.39 Å². The van der Waals surface area contributed by atoms with Gasteiger partial charge in [0.1, 0.15) is 24.3 Å². The average Bonchev–Trinajstić information content (AvgIpc) is 2.96. The molecular formula is C29H34FIN2O7. The molecule has 0 unspecified atom stereocenters. The molecule has 2 aromatic carbocycles. The second-order valence-electron chi connectivity index (χ2n) is 9.38. The summed E-state index contributed by atoms with van der Waals surface area (Å²) in [7, 11) is 1.42. The third-order valence-electron chi connectivity index (χ3n) is 6.62. The Hall–Kier alpha value is -3.03. The molecule has 9 nitrogen and oxygen atoms in total. The van der Waals surface area contributed by atoms with Crippen LogP contribution in [0.3, 0.4) is 0 Å². The maximum absolute atomic E-state index is 14.7. The van der Waals surface area contributed by atoms with E-state index in [1.807, 2.05) is 29.5 Å². The zero-order valence-electron chi connectivity index (χ0n) is 22.4. The van der Waals surface area contributed by atoms with Crippen molar-refractivity contribution in [3.05, 3.63) is 68.6 Å². The first-order valence-electron chi connectivity index (χ1n) is 13.0. The second-order valence-corrected chi connectivity index (χ2v) is 10.5. The first-order valence-corrected chi connectivity index (χ1v) is 14.1. The monoisotopic (exact) mass is 668 g/mol. The van der Waals surface area contributed by atoms with Gasteiger partial charge in [-0.1, -0.05) is 31.5 Å². The van der Waals surface area contributed by atoms with Crippen LogP contribution in [0.25, 0.3) is 0 Å². The molecule has 3 N–H and O–H groups in total. The molecule has 1 aliphatic carbocycles. The van der Waals surface area contributed by atoms with E-state index in [1.165, 1.54) is 30.2 Å². The number of aldehydes is 1. The van der Waals surface area contributed by atoms with Crippen LogP contribution in [0.2, 0.25) is 0 Å². The number of aliphatic hydroxyl groups is 2. The summed E-state index contributed by atoms with van der Waals surface area (Å²) in [6.45, 7) is 1.59. The number of nitrogens with zero attached hydrogens (tertiary/aromatic N) is 1. The number of nitrogens with one attached hydrogen (secondary N) is 1. The average molecular weight is 669 g/mol. The number of halogens is 2. The Labute approximate surface area is 246 Å². The number of unbranched alkanes of at least 4 members (excludes halogenated alkanes) is 1. The Balaban J connectivity index is 2.05. The van der Waals surface area contributed by atoms with E-state index in [0.717, 1.165) is 6.42 Å². The summed E-state index contributed by atoms with van der Waals surface area (Å²) in [4.78, 5) is 39.2. The molecular weight excluding hydrogens is 634 g/mol. The molecule has 11 heteroatoms. The van der Waals surface area contributed by atoms with Gasteiger partial charge in [0.25, 0.3) is 0 Å². The van der Waals surface area contributed by atoms with Gasteiger partial charge in [0.05, 0.1) is 23.3 Å². The molecule has 0 aromatic heterocycles. The molecule has 0 saturated carbocycles. The number of amides is 2. The molecule has 3 atom stereocenters. The SMILES string of the molecule is CCCCC(=O)N(Cc1ccccc1F)[C@@H]1CC(C(=O)NCCO)=C[C@H](Oc2c(I)cc(C=O)cc2OC)[C@H]1O. The van der Waals surface area contributed by atoms with E-state index >= 15 is 0 Å². The maximum Gasteiger partial charge on any atom is 0.247 e. The molecule has 0 fully saturated rings. The number of hydrogen-bond donors (Lipinski definition) is 3. The molecule has 2 amide bonds. The molecule has 216 valence electrons. The maximum atomic E-state index is 14.7. The number of carbonyl (C=O) groups excluding carboxylic acids is 3. The highest BCUT2D eigenvalue weighted by Gasteiger charge is 2.41. The van der Waals surface area contributed by atoms with Crippen LogP contribution in [0, 0.1) is 9.39 Å². The lowest BCUT2D eigenvalue weighted by molar-refractivity contribution is -0.139. The van der Waals surface area contributed by atoms with E-state index in [1.54, 1.807) is 24.3 Å². The summed E-state index contributed by atoms with van der Waals surface area (Å²) in [6.07, 6.45) is 1.31. The van der Waals surface area contributed by atoms with Gasteiger partial charge in [-0.25, -0.2) is 4.39 Å². The smallest absolute Gasteiger partial charge is 0.247 e. The van der Waals surface area contributed by atoms with E-state index in [9.17, 15) is 29.0 Å². The Morgan fingerprint density at radius 1 is 1.27 bits per heavy atom. The number of carbonyl (C=O) groups is 3. The fraction of sp³-hybridized carbons (Fsp3) is 0.414. The van der Waals surface area contributed by atoms with Crippen LogP contribution in [-0.2, 0) is 16.1 Å². The van der Waals surface area contributed by atoms with Gasteiger partial charge in [0.15, 0.2) is 11.5 Å². The highest BCUT2D eigenvalue weighted by molar-refractivity contribution is 14.1. The first-order chi connectivity index (χ1) is 19.2. The highest BCUT2D eigenvalue weighted by atomic mass is 127. The summed E-state index contributed by atoms with van der Waals surface area (Å²) in [5, 5.41) is 23.4. The minimum absolute atomic E-state index is 0.0110. The summed E-state index contributed by atoms with van der Waals surface area (Å²) in [5.74, 6) is -0.746. The van der Waals surface area contributed by atoms with Crippen molar-refractivity contribution < 1.29 is 38.5 Å². The van der Waals surface area contributed by atoms with Crippen molar-refractivity contribution in [1.82, 2.24) is 10.2 Å². The predicted molar refractivity (Wildman–Crippen MR) is 155 cm³/mol. The molecule has 1 aliphatic rings. The van der Waals surface area contributed by atoms with Crippen molar-refractivity contribution in [2.75, 3.05) is 20.3 Å². The van der Waals surface area contributed by atoms with E-state index in [-0.39, 0.29) is 61.1 Å². The molecule has 0 saturated heterocycles. The van der Waals surface area contributed by atoms with Gasteiger partial charge >= 0.3 is 0 Å². The van der Waals surface area contributed by atoms with Gasteiger partial charge < -0.3 is 29.9 Å². The Morgan fingerprint density at radius 3 is 2.67 bits per heavy atom. The van der Waals surface area contributed by atoms with E-state index in [2.05, 4.69) is 5.32 Å². The molecule has 0 aliphatic heterocycles. The zero-order valence-corrected chi connectivity index (χ0v) is 24.6. The predicted octanol–water partition coefficient (Wildman–Crippen LogP) is 3.39. The molecule has 0 spiro atoms. The van der Waals surface area contributed by atoms with Crippen LogP contribution in [0.15, 0.2) is 48.0 Å². The van der Waals surface area contributed by atoms with E-state index in [4.69, 9.17) is 9.47 Å². The largest absolute Gasteiger partial charge is 0.493 e. The standard InChI is InChI=1S/C29H34FIN2O7/c1-3-4-9-26(36)33(16-19-7-5-6-8-21(19)30)23-14-20(29(38)32-10-11-34)15-24(27(23)37)40-28-22(31)12-18(17-35)13-25(28)39-2/h5-8,12-13,15,17,23-24,27,34,37H,3-4,9-11,14,16H2,1-2H3,(H,32,38)/t23-,24+,27+/m1/s1. The van der Waals surface area contributed by atoms with Gasteiger partial charge in [0, 0.05) is 42.6 Å². The molecule has 40 heavy (non-hydrogen) atoms. The topological polar surface area (TPSA) is 125 Å². The van der Waals surface area contributed by atoms with Gasteiger partial charge in [-0.15, -0.1) is 0 Å². The van der Waals surface area contributed by atoms with Crippen molar-refractivity contribution in [1.29, 1.82) is 0 Å². The minimum atomic E-state index is -1.29. The number of benzene rings is 2. The fourth-order valence-electron chi connectivity index (χ4n) is 4.51. The summed E-state index contributed by atoms with van der Waals surface area (Å²) in [6, 6.07) is 8.26. The van der Waals surface area contributed by atoms with Crippen LogP contribution in [0.1, 0.15) is 48.5 Å². The lowest BCUT2D eigenvalue weighted by atomic mass is 9.87. The quantitative estimate of drug-likeness (QED) is 0.221.